The van der Waals surface area contributed by atoms with Crippen LogP contribution < -0.4 is 5.32 Å². The van der Waals surface area contributed by atoms with Crippen molar-refractivity contribution in [1.82, 2.24) is 5.32 Å². The average Bonchev–Trinajstić information content (AvgIpc) is 2.61. The first-order valence-electron chi connectivity index (χ1n) is 5.63. The molecule has 1 rings (SSSR count). The summed E-state index contributed by atoms with van der Waals surface area (Å²) in [4.78, 5) is 22.4. The maximum absolute atomic E-state index is 11.7. The molecule has 1 aliphatic rings. The van der Waals surface area contributed by atoms with Crippen molar-refractivity contribution >= 4 is 11.9 Å². The summed E-state index contributed by atoms with van der Waals surface area (Å²) in [7, 11) is 0. The maximum Gasteiger partial charge on any atom is 0.331 e. The van der Waals surface area contributed by atoms with Crippen molar-refractivity contribution in [3.05, 3.63) is 11.1 Å². The van der Waals surface area contributed by atoms with Gasteiger partial charge in [0, 0.05) is 17.2 Å². The molecule has 0 heterocycles. The van der Waals surface area contributed by atoms with Crippen LogP contribution in [0, 0.1) is 5.92 Å². The van der Waals surface area contributed by atoms with Gasteiger partial charge in [0.25, 0.3) is 0 Å². The predicted molar refractivity (Wildman–Crippen MR) is 61.0 cm³/mol. The van der Waals surface area contributed by atoms with E-state index in [1.165, 1.54) is 6.92 Å². The van der Waals surface area contributed by atoms with E-state index in [1.54, 1.807) is 6.92 Å². The van der Waals surface area contributed by atoms with Gasteiger partial charge in [0.1, 0.15) is 0 Å². The zero-order chi connectivity index (χ0) is 12.3. The second-order valence-corrected chi connectivity index (χ2v) is 4.64. The Labute approximate surface area is 95.7 Å². The van der Waals surface area contributed by atoms with Crippen molar-refractivity contribution in [2.45, 2.75) is 46.1 Å². The zero-order valence-electron chi connectivity index (χ0n) is 10.0. The molecule has 0 aromatic heterocycles. The van der Waals surface area contributed by atoms with Crippen LogP contribution >= 0.6 is 0 Å². The molecule has 0 aromatic rings. The Morgan fingerprint density at radius 1 is 1.19 bits per heavy atom. The smallest absolute Gasteiger partial charge is 0.331 e. The molecule has 1 aliphatic carbocycles. The summed E-state index contributed by atoms with van der Waals surface area (Å²) in [5.41, 5.74) is 0.413. The highest BCUT2D eigenvalue weighted by Crippen LogP contribution is 2.24. The fourth-order valence-corrected chi connectivity index (χ4v) is 1.96. The van der Waals surface area contributed by atoms with Gasteiger partial charge in [-0.05, 0) is 39.0 Å². The molecular weight excluding hydrogens is 206 g/mol. The summed E-state index contributed by atoms with van der Waals surface area (Å²) in [5, 5.41) is 11.7. The van der Waals surface area contributed by atoms with Gasteiger partial charge in [-0.15, -0.1) is 0 Å². The fraction of sp³-hybridized carbons (Fsp3) is 0.667. The third kappa shape index (κ3) is 3.08. The van der Waals surface area contributed by atoms with Crippen LogP contribution in [0.5, 0.6) is 0 Å². The molecule has 0 bridgehead atoms. The molecule has 1 fully saturated rings. The molecule has 2 N–H and O–H groups in total. The molecule has 4 nitrogen and oxygen atoms in total. The minimum absolute atomic E-state index is 0.114. The second kappa shape index (κ2) is 5.14. The molecule has 0 aliphatic heterocycles. The van der Waals surface area contributed by atoms with E-state index >= 15 is 0 Å². The number of carbonyl (C=O) groups excluding carboxylic acids is 1. The van der Waals surface area contributed by atoms with E-state index in [9.17, 15) is 9.59 Å². The predicted octanol–water partition coefficient (Wildman–Crippen LogP) is 1.71. The van der Waals surface area contributed by atoms with Gasteiger partial charge in [-0.1, -0.05) is 6.92 Å². The molecule has 1 saturated carbocycles. The second-order valence-electron chi connectivity index (χ2n) is 4.64. The van der Waals surface area contributed by atoms with Crippen LogP contribution in [0.1, 0.15) is 40.0 Å². The summed E-state index contributed by atoms with van der Waals surface area (Å²) in [5.74, 6) is -0.637. The number of carbonyl (C=O) groups is 2. The number of carboxylic acid groups (broad SMARTS) is 1. The quantitative estimate of drug-likeness (QED) is 0.718. The van der Waals surface area contributed by atoms with Gasteiger partial charge in [-0.25, -0.2) is 4.79 Å². The first-order valence-corrected chi connectivity index (χ1v) is 5.63. The van der Waals surface area contributed by atoms with Gasteiger partial charge in [-0.3, -0.25) is 4.79 Å². The lowest BCUT2D eigenvalue weighted by atomic mass is 10.1. The van der Waals surface area contributed by atoms with Gasteiger partial charge in [-0.2, -0.15) is 0 Å². The first-order chi connectivity index (χ1) is 7.41. The topological polar surface area (TPSA) is 66.4 Å². The third-order valence-corrected chi connectivity index (χ3v) is 3.25. The summed E-state index contributed by atoms with van der Waals surface area (Å²) in [6.07, 6.45) is 3.11. The number of amides is 1. The van der Waals surface area contributed by atoms with Crippen LogP contribution in [0.25, 0.3) is 0 Å². The van der Waals surface area contributed by atoms with E-state index in [0.29, 0.717) is 11.5 Å². The number of hydrogen-bond acceptors (Lipinski definition) is 2. The fourth-order valence-electron chi connectivity index (χ4n) is 1.96. The van der Waals surface area contributed by atoms with Gasteiger partial charge in [0.05, 0.1) is 0 Å². The highest BCUT2D eigenvalue weighted by atomic mass is 16.4. The number of nitrogens with one attached hydrogen (secondary N) is 1. The van der Waals surface area contributed by atoms with E-state index in [1.807, 2.05) is 0 Å². The van der Waals surface area contributed by atoms with Crippen molar-refractivity contribution in [3.8, 4) is 0 Å². The first kappa shape index (κ1) is 12.7. The highest BCUT2D eigenvalue weighted by Gasteiger charge is 2.23. The van der Waals surface area contributed by atoms with Crippen LogP contribution in [0.4, 0.5) is 0 Å². The Hall–Kier alpha value is -1.32. The number of rotatable bonds is 3. The molecule has 1 amide bonds. The summed E-state index contributed by atoms with van der Waals surface area (Å²) in [6.45, 7) is 5.17. The van der Waals surface area contributed by atoms with Crippen LogP contribution in [0.2, 0.25) is 0 Å². The zero-order valence-corrected chi connectivity index (χ0v) is 10.0. The molecule has 90 valence electrons. The van der Waals surface area contributed by atoms with Crippen molar-refractivity contribution in [1.29, 1.82) is 0 Å². The van der Waals surface area contributed by atoms with Crippen LogP contribution in [-0.2, 0) is 9.59 Å². The average molecular weight is 225 g/mol. The molecule has 0 saturated heterocycles. The Morgan fingerprint density at radius 2 is 1.81 bits per heavy atom. The Balaban J connectivity index is 2.59. The standard InChI is InChI=1S/C12H19NO3/c1-7-4-5-10(6-7)13-11(14)8(2)9(3)12(15)16/h7,10H,4-6H2,1-3H3,(H,13,14)(H,15,16). The molecule has 16 heavy (non-hydrogen) atoms. The number of aliphatic carboxylic acids is 1. The van der Waals surface area contributed by atoms with Gasteiger partial charge in [0.15, 0.2) is 0 Å². The maximum atomic E-state index is 11.7. The van der Waals surface area contributed by atoms with Crippen molar-refractivity contribution in [2.24, 2.45) is 5.92 Å². The van der Waals surface area contributed by atoms with E-state index in [0.717, 1.165) is 19.3 Å². The molecule has 0 aromatic carbocycles. The molecule has 0 radical (unpaired) electrons. The van der Waals surface area contributed by atoms with Crippen molar-refractivity contribution < 1.29 is 14.7 Å². The van der Waals surface area contributed by atoms with E-state index < -0.39 is 5.97 Å². The Kier molecular flexibility index (Phi) is 4.10. The molecule has 2 atom stereocenters. The van der Waals surface area contributed by atoms with Crippen LogP contribution in [-0.4, -0.2) is 23.0 Å². The minimum atomic E-state index is -1.03. The van der Waals surface area contributed by atoms with E-state index in [4.69, 9.17) is 5.11 Å². The monoisotopic (exact) mass is 225 g/mol. The van der Waals surface area contributed by atoms with Crippen LogP contribution in [0.3, 0.4) is 0 Å². The molecular formula is C12H19NO3. The molecule has 2 unspecified atom stereocenters. The summed E-state index contributed by atoms with van der Waals surface area (Å²) >= 11 is 0. The van der Waals surface area contributed by atoms with E-state index in [2.05, 4.69) is 12.2 Å². The van der Waals surface area contributed by atoms with Crippen molar-refractivity contribution in [2.75, 3.05) is 0 Å². The summed E-state index contributed by atoms with van der Waals surface area (Å²) < 4.78 is 0. The Bertz CT molecular complexity index is 333. The summed E-state index contributed by atoms with van der Waals surface area (Å²) in [6, 6.07) is 0.207. The SMILES string of the molecule is CC(C(=O)O)=C(C)C(=O)NC1CCC(C)C1. The van der Waals surface area contributed by atoms with E-state index in [-0.39, 0.29) is 17.5 Å². The lowest BCUT2D eigenvalue weighted by Gasteiger charge is -2.13. The number of carboxylic acids is 1. The van der Waals surface area contributed by atoms with Gasteiger partial charge in [0.2, 0.25) is 5.91 Å². The third-order valence-electron chi connectivity index (χ3n) is 3.25. The van der Waals surface area contributed by atoms with Crippen LogP contribution in [0.15, 0.2) is 11.1 Å². The lowest BCUT2D eigenvalue weighted by molar-refractivity contribution is -0.133. The van der Waals surface area contributed by atoms with Gasteiger partial charge >= 0.3 is 5.97 Å². The molecule has 0 spiro atoms. The van der Waals surface area contributed by atoms with Crippen molar-refractivity contribution in [3.63, 3.8) is 0 Å². The highest BCUT2D eigenvalue weighted by molar-refractivity contribution is 6.01. The number of hydrogen-bond donors (Lipinski definition) is 2. The van der Waals surface area contributed by atoms with Gasteiger partial charge < -0.3 is 10.4 Å². The largest absolute Gasteiger partial charge is 0.478 e. The minimum Gasteiger partial charge on any atom is -0.478 e. The molecule has 4 heteroatoms. The Morgan fingerprint density at radius 3 is 2.25 bits per heavy atom. The lowest BCUT2D eigenvalue weighted by Crippen LogP contribution is -2.34. The normalized spacial score (nSPS) is 26.2.